The fraction of sp³-hybridized carbons (Fsp3) is 0.667. The van der Waals surface area contributed by atoms with E-state index >= 15 is 0 Å². The number of aromatic nitrogens is 1. The maximum atomic E-state index is 12.4. The van der Waals surface area contributed by atoms with Crippen LogP contribution in [0.1, 0.15) is 82.0 Å². The van der Waals surface area contributed by atoms with Gasteiger partial charge < -0.3 is 20.2 Å². The van der Waals surface area contributed by atoms with Crippen LogP contribution in [0.25, 0.3) is 0 Å². The number of aromatic amines is 1. The number of hydrogen-bond donors (Lipinski definition) is 3. The van der Waals surface area contributed by atoms with E-state index in [4.69, 9.17) is 20.6 Å². The second-order valence-corrected chi connectivity index (χ2v) is 9.68. The summed E-state index contributed by atoms with van der Waals surface area (Å²) in [4.78, 5) is 19.2. The normalized spacial score (nSPS) is 28.0. The van der Waals surface area contributed by atoms with Gasteiger partial charge in [0.1, 0.15) is 24.9 Å². The zero-order valence-corrected chi connectivity index (χ0v) is 18.6. The number of amidine groups is 1. The first-order valence-corrected chi connectivity index (χ1v) is 11.7. The first kappa shape index (κ1) is 22.5. The molecule has 0 amide bonds. The van der Waals surface area contributed by atoms with Crippen LogP contribution in [0.2, 0.25) is 0 Å². The smallest absolute Gasteiger partial charge is 0.306 e. The van der Waals surface area contributed by atoms with E-state index in [-0.39, 0.29) is 24.5 Å². The van der Waals surface area contributed by atoms with E-state index in [1.54, 1.807) is 12.1 Å². The van der Waals surface area contributed by atoms with E-state index in [2.05, 4.69) is 16.0 Å². The standard InChI is InChI=1S/C24H33N5O3/c25-15-24(20-4-3-19(29-20)22(27)28-16-26)12-7-18(32-24)14-31-21(30)13-17-5-10-23(11-6-17)8-1-2-9-23/h3-4,16-18,29H,1-2,5-14H2,(H3,26,27,28). The summed E-state index contributed by atoms with van der Waals surface area (Å²) >= 11 is 0. The first-order valence-electron chi connectivity index (χ1n) is 11.7. The number of carbonyl (C=O) groups excluding carboxylic acids is 1. The molecule has 1 spiro atoms. The Morgan fingerprint density at radius 1 is 1.28 bits per heavy atom. The van der Waals surface area contributed by atoms with Crippen molar-refractivity contribution in [2.24, 2.45) is 22.1 Å². The zero-order chi connectivity index (χ0) is 22.6. The SMILES string of the molecule is N#CC1(c2ccc(C(N)=NC=N)[nH]2)CCC(COC(=O)CC2CCC3(CCCC3)CC2)O1. The Kier molecular flexibility index (Phi) is 6.66. The molecule has 1 aromatic rings. The van der Waals surface area contributed by atoms with Crippen molar-refractivity contribution in [3.63, 3.8) is 0 Å². The van der Waals surface area contributed by atoms with Gasteiger partial charge in [0.2, 0.25) is 0 Å². The average molecular weight is 440 g/mol. The van der Waals surface area contributed by atoms with Crippen LogP contribution in [0, 0.1) is 28.1 Å². The third-order valence-corrected chi connectivity index (χ3v) is 7.68. The third kappa shape index (κ3) is 4.73. The number of nitriles is 1. The summed E-state index contributed by atoms with van der Waals surface area (Å²) in [6.45, 7) is 0.171. The molecule has 8 nitrogen and oxygen atoms in total. The molecule has 172 valence electrons. The molecule has 4 rings (SSSR count). The van der Waals surface area contributed by atoms with Crippen molar-refractivity contribution in [2.45, 2.75) is 82.3 Å². The van der Waals surface area contributed by atoms with Crippen LogP contribution in [-0.4, -0.2) is 35.8 Å². The molecule has 8 heteroatoms. The number of aliphatic imine (C=N–C) groups is 1. The van der Waals surface area contributed by atoms with Crippen LogP contribution in [0.4, 0.5) is 0 Å². The quantitative estimate of drug-likeness (QED) is 0.336. The number of rotatable bonds is 7. The largest absolute Gasteiger partial charge is 0.463 e. The molecule has 2 saturated carbocycles. The Hall–Kier alpha value is -2.66. The van der Waals surface area contributed by atoms with Gasteiger partial charge >= 0.3 is 5.97 Å². The number of hydrogen-bond acceptors (Lipinski definition) is 5. The van der Waals surface area contributed by atoms with E-state index in [1.807, 2.05) is 0 Å². The van der Waals surface area contributed by atoms with Crippen molar-refractivity contribution in [2.75, 3.05) is 6.61 Å². The Balaban J connectivity index is 1.25. The monoisotopic (exact) mass is 439 g/mol. The molecule has 2 atom stereocenters. The Labute approximate surface area is 189 Å². The predicted octanol–water partition coefficient (Wildman–Crippen LogP) is 3.91. The molecule has 0 radical (unpaired) electrons. The number of esters is 1. The number of ether oxygens (including phenoxy) is 2. The molecular formula is C24H33N5O3. The summed E-state index contributed by atoms with van der Waals surface area (Å²) in [6, 6.07) is 5.73. The molecule has 32 heavy (non-hydrogen) atoms. The lowest BCUT2D eigenvalue weighted by Crippen LogP contribution is -2.28. The van der Waals surface area contributed by atoms with E-state index in [9.17, 15) is 10.1 Å². The molecule has 0 aromatic carbocycles. The Bertz CT molecular complexity index is 901. The van der Waals surface area contributed by atoms with Gasteiger partial charge in [-0.15, -0.1) is 0 Å². The minimum Gasteiger partial charge on any atom is -0.463 e. The van der Waals surface area contributed by atoms with Crippen LogP contribution in [0.15, 0.2) is 17.1 Å². The summed E-state index contributed by atoms with van der Waals surface area (Å²) in [6.07, 6.45) is 12.4. The fourth-order valence-corrected chi connectivity index (χ4v) is 5.74. The minimum atomic E-state index is -1.13. The molecule has 2 heterocycles. The van der Waals surface area contributed by atoms with Crippen LogP contribution in [0.3, 0.4) is 0 Å². The maximum Gasteiger partial charge on any atom is 0.306 e. The zero-order valence-electron chi connectivity index (χ0n) is 18.6. The summed E-state index contributed by atoms with van der Waals surface area (Å²) in [5.74, 6) is 0.444. The molecular weight excluding hydrogens is 406 g/mol. The molecule has 1 aromatic heterocycles. The molecule has 1 saturated heterocycles. The van der Waals surface area contributed by atoms with Gasteiger partial charge in [0.15, 0.2) is 5.60 Å². The average Bonchev–Trinajstić information content (AvgIpc) is 3.55. The van der Waals surface area contributed by atoms with E-state index in [1.165, 1.54) is 38.5 Å². The summed E-state index contributed by atoms with van der Waals surface area (Å²) < 4.78 is 11.6. The molecule has 1 aliphatic heterocycles. The molecule has 4 N–H and O–H groups in total. The lowest BCUT2D eigenvalue weighted by atomic mass is 9.69. The van der Waals surface area contributed by atoms with Gasteiger partial charge in [-0.25, -0.2) is 4.99 Å². The van der Waals surface area contributed by atoms with Gasteiger partial charge in [-0.3, -0.25) is 10.2 Å². The van der Waals surface area contributed by atoms with E-state index in [0.29, 0.717) is 42.0 Å². The molecule has 3 fully saturated rings. The summed E-state index contributed by atoms with van der Waals surface area (Å²) in [5, 5.41) is 16.9. The highest BCUT2D eigenvalue weighted by Gasteiger charge is 2.44. The minimum absolute atomic E-state index is 0.159. The molecule has 0 bridgehead atoms. The third-order valence-electron chi connectivity index (χ3n) is 7.68. The van der Waals surface area contributed by atoms with Gasteiger partial charge in [0.25, 0.3) is 0 Å². The van der Waals surface area contributed by atoms with Gasteiger partial charge in [0, 0.05) is 6.42 Å². The lowest BCUT2D eigenvalue weighted by Gasteiger charge is -2.37. The van der Waals surface area contributed by atoms with Gasteiger partial charge in [-0.1, -0.05) is 12.8 Å². The van der Waals surface area contributed by atoms with E-state index in [0.717, 1.165) is 19.2 Å². The number of nitrogens with zero attached hydrogens (tertiary/aromatic N) is 2. The van der Waals surface area contributed by atoms with Crippen molar-refractivity contribution in [1.82, 2.24) is 4.98 Å². The molecule has 2 unspecified atom stereocenters. The van der Waals surface area contributed by atoms with Gasteiger partial charge in [-0.05, 0) is 74.8 Å². The lowest BCUT2D eigenvalue weighted by molar-refractivity contribution is -0.150. The maximum absolute atomic E-state index is 12.4. The number of nitrogens with one attached hydrogen (secondary N) is 2. The predicted molar refractivity (Wildman–Crippen MR) is 120 cm³/mol. The van der Waals surface area contributed by atoms with Crippen molar-refractivity contribution in [3.8, 4) is 6.07 Å². The first-order chi connectivity index (χ1) is 15.5. The second kappa shape index (κ2) is 9.45. The highest BCUT2D eigenvalue weighted by atomic mass is 16.6. The van der Waals surface area contributed by atoms with Gasteiger partial charge in [-0.2, -0.15) is 5.26 Å². The number of H-pyrrole nitrogens is 1. The molecule has 3 aliphatic rings. The van der Waals surface area contributed by atoms with Crippen molar-refractivity contribution < 1.29 is 14.3 Å². The highest BCUT2D eigenvalue weighted by molar-refractivity contribution is 5.99. The number of carbonyl (C=O) groups is 1. The topological polar surface area (TPSA) is 137 Å². The van der Waals surface area contributed by atoms with Crippen molar-refractivity contribution >= 4 is 18.1 Å². The second-order valence-electron chi connectivity index (χ2n) is 9.68. The number of nitrogens with two attached hydrogens (primary N) is 1. The highest BCUT2D eigenvalue weighted by Crippen LogP contribution is 2.50. The Morgan fingerprint density at radius 2 is 2.03 bits per heavy atom. The van der Waals surface area contributed by atoms with Crippen LogP contribution in [-0.2, 0) is 19.9 Å². The van der Waals surface area contributed by atoms with E-state index < -0.39 is 5.60 Å². The van der Waals surface area contributed by atoms with Crippen LogP contribution >= 0.6 is 0 Å². The van der Waals surface area contributed by atoms with Crippen LogP contribution in [0.5, 0.6) is 0 Å². The molecule has 2 aliphatic carbocycles. The Morgan fingerprint density at radius 3 is 2.72 bits per heavy atom. The van der Waals surface area contributed by atoms with Gasteiger partial charge in [0.05, 0.1) is 17.5 Å². The van der Waals surface area contributed by atoms with Crippen molar-refractivity contribution in [1.29, 1.82) is 10.7 Å². The fourth-order valence-electron chi connectivity index (χ4n) is 5.74. The van der Waals surface area contributed by atoms with Crippen molar-refractivity contribution in [3.05, 3.63) is 23.5 Å². The summed E-state index contributed by atoms with van der Waals surface area (Å²) in [7, 11) is 0. The summed E-state index contributed by atoms with van der Waals surface area (Å²) in [5.41, 5.74) is 6.38. The van der Waals surface area contributed by atoms with Crippen LogP contribution < -0.4 is 5.73 Å².